The van der Waals surface area contributed by atoms with Gasteiger partial charge in [0.1, 0.15) is 5.01 Å². The van der Waals surface area contributed by atoms with Gasteiger partial charge in [-0.3, -0.25) is 0 Å². The zero-order valence-electron chi connectivity index (χ0n) is 8.70. The highest BCUT2D eigenvalue weighted by Crippen LogP contribution is 2.31. The van der Waals surface area contributed by atoms with Crippen molar-refractivity contribution in [1.82, 2.24) is 4.98 Å². The van der Waals surface area contributed by atoms with E-state index in [1.807, 2.05) is 24.3 Å². The summed E-state index contributed by atoms with van der Waals surface area (Å²) in [6, 6.07) is 7.82. The molecule has 15 heavy (non-hydrogen) atoms. The van der Waals surface area contributed by atoms with Gasteiger partial charge in [-0.25, -0.2) is 4.98 Å². The van der Waals surface area contributed by atoms with Crippen LogP contribution in [0.5, 0.6) is 0 Å². The fraction of sp³-hybridized carbons (Fsp3) is 0.250. The molecule has 0 amide bonds. The van der Waals surface area contributed by atoms with E-state index in [1.165, 1.54) is 0 Å². The topological polar surface area (TPSA) is 12.9 Å². The Labute approximate surface area is 98.7 Å². The van der Waals surface area contributed by atoms with Crippen molar-refractivity contribution in [3.8, 4) is 10.6 Å². The Balaban J connectivity index is 2.42. The maximum absolute atomic E-state index is 6.11. The molecular weight excluding hydrogens is 226 g/mol. The lowest BCUT2D eigenvalue weighted by atomic mass is 10.1. The van der Waals surface area contributed by atoms with Crippen LogP contribution in [0.2, 0.25) is 5.02 Å². The minimum Gasteiger partial charge on any atom is -0.241 e. The summed E-state index contributed by atoms with van der Waals surface area (Å²) in [6.07, 6.45) is 0. The molecule has 1 heterocycles. The first-order valence-corrected chi connectivity index (χ1v) is 6.14. The molecule has 0 N–H and O–H groups in total. The molecule has 78 valence electrons. The summed E-state index contributed by atoms with van der Waals surface area (Å²) in [4.78, 5) is 4.57. The number of nitrogens with zero attached hydrogens (tertiary/aromatic N) is 1. The highest BCUT2D eigenvalue weighted by atomic mass is 35.5. The molecule has 0 spiro atoms. The molecule has 2 aromatic rings. The van der Waals surface area contributed by atoms with Crippen LogP contribution in [0.1, 0.15) is 25.5 Å². The number of halogens is 1. The quantitative estimate of drug-likeness (QED) is 0.745. The molecule has 3 heteroatoms. The molecule has 0 aliphatic rings. The van der Waals surface area contributed by atoms with E-state index in [-0.39, 0.29) is 0 Å². The summed E-state index contributed by atoms with van der Waals surface area (Å²) in [6.45, 7) is 4.29. The Morgan fingerprint density at radius 1 is 1.27 bits per heavy atom. The van der Waals surface area contributed by atoms with Crippen molar-refractivity contribution in [2.75, 3.05) is 0 Å². The van der Waals surface area contributed by atoms with Crippen molar-refractivity contribution < 1.29 is 0 Å². The summed E-state index contributed by atoms with van der Waals surface area (Å²) in [7, 11) is 0. The number of hydrogen-bond acceptors (Lipinski definition) is 2. The molecule has 0 atom stereocenters. The summed E-state index contributed by atoms with van der Waals surface area (Å²) < 4.78 is 0. The van der Waals surface area contributed by atoms with Crippen molar-refractivity contribution >= 4 is 22.9 Å². The third-order valence-electron chi connectivity index (χ3n) is 2.22. The van der Waals surface area contributed by atoms with Crippen LogP contribution >= 0.6 is 22.9 Å². The lowest BCUT2D eigenvalue weighted by molar-refractivity contribution is 0.834. The van der Waals surface area contributed by atoms with Crippen LogP contribution in [0, 0.1) is 0 Å². The SMILES string of the molecule is CC(C)c1csc(-c2ccccc2Cl)n1. The third kappa shape index (κ3) is 2.21. The van der Waals surface area contributed by atoms with Crippen LogP contribution in [0.3, 0.4) is 0 Å². The van der Waals surface area contributed by atoms with Crippen LogP contribution in [0.15, 0.2) is 29.6 Å². The second-order valence-corrected chi connectivity index (χ2v) is 4.98. The molecule has 1 aromatic carbocycles. The number of rotatable bonds is 2. The molecule has 1 aromatic heterocycles. The maximum Gasteiger partial charge on any atom is 0.125 e. The normalized spacial score (nSPS) is 10.9. The van der Waals surface area contributed by atoms with Gasteiger partial charge < -0.3 is 0 Å². The van der Waals surface area contributed by atoms with Crippen molar-refractivity contribution in [2.24, 2.45) is 0 Å². The standard InChI is InChI=1S/C12H12ClNS/c1-8(2)11-7-15-12(14-11)9-5-3-4-6-10(9)13/h3-8H,1-2H3. The Morgan fingerprint density at radius 2 is 2.00 bits per heavy atom. The summed E-state index contributed by atoms with van der Waals surface area (Å²) >= 11 is 7.76. The average Bonchev–Trinajstić information content (AvgIpc) is 2.67. The van der Waals surface area contributed by atoms with Crippen molar-refractivity contribution in [1.29, 1.82) is 0 Å². The summed E-state index contributed by atoms with van der Waals surface area (Å²) in [5, 5.41) is 3.87. The number of aromatic nitrogens is 1. The van der Waals surface area contributed by atoms with E-state index >= 15 is 0 Å². The molecule has 0 aliphatic carbocycles. The van der Waals surface area contributed by atoms with E-state index in [1.54, 1.807) is 11.3 Å². The monoisotopic (exact) mass is 237 g/mol. The van der Waals surface area contributed by atoms with Crippen LogP contribution in [0.4, 0.5) is 0 Å². The Bertz CT molecular complexity index is 462. The van der Waals surface area contributed by atoms with Crippen molar-refractivity contribution in [3.05, 3.63) is 40.4 Å². The molecule has 0 saturated carbocycles. The van der Waals surface area contributed by atoms with Gasteiger partial charge in [-0.05, 0) is 12.0 Å². The zero-order chi connectivity index (χ0) is 10.8. The number of benzene rings is 1. The first-order valence-electron chi connectivity index (χ1n) is 4.89. The first kappa shape index (κ1) is 10.7. The van der Waals surface area contributed by atoms with Gasteiger partial charge in [0.2, 0.25) is 0 Å². The Morgan fingerprint density at radius 3 is 2.60 bits per heavy atom. The average molecular weight is 238 g/mol. The minimum absolute atomic E-state index is 0.470. The fourth-order valence-electron chi connectivity index (χ4n) is 1.31. The Kier molecular flexibility index (Phi) is 3.08. The lowest BCUT2D eigenvalue weighted by Crippen LogP contribution is -1.86. The highest BCUT2D eigenvalue weighted by Gasteiger charge is 2.09. The smallest absolute Gasteiger partial charge is 0.125 e. The van der Waals surface area contributed by atoms with E-state index in [0.717, 1.165) is 21.3 Å². The van der Waals surface area contributed by atoms with Gasteiger partial charge in [0.25, 0.3) is 0 Å². The van der Waals surface area contributed by atoms with Crippen LogP contribution in [-0.2, 0) is 0 Å². The predicted octanol–water partition coefficient (Wildman–Crippen LogP) is 4.59. The molecule has 0 fully saturated rings. The van der Waals surface area contributed by atoms with E-state index in [0.29, 0.717) is 5.92 Å². The molecule has 0 saturated heterocycles. The van der Waals surface area contributed by atoms with Gasteiger partial charge in [-0.2, -0.15) is 0 Å². The molecule has 0 unspecified atom stereocenters. The maximum atomic E-state index is 6.11. The molecule has 2 rings (SSSR count). The van der Waals surface area contributed by atoms with E-state index in [4.69, 9.17) is 11.6 Å². The van der Waals surface area contributed by atoms with Gasteiger partial charge in [-0.15, -0.1) is 11.3 Å². The third-order valence-corrected chi connectivity index (χ3v) is 3.44. The molecular formula is C12H12ClNS. The molecule has 0 bridgehead atoms. The van der Waals surface area contributed by atoms with Gasteiger partial charge in [0.15, 0.2) is 0 Å². The lowest BCUT2D eigenvalue weighted by Gasteiger charge is -1.99. The summed E-state index contributed by atoms with van der Waals surface area (Å²) in [5.41, 5.74) is 2.16. The first-order chi connectivity index (χ1) is 7.18. The fourth-order valence-corrected chi connectivity index (χ4v) is 2.61. The van der Waals surface area contributed by atoms with Crippen LogP contribution in [0.25, 0.3) is 10.6 Å². The predicted molar refractivity (Wildman–Crippen MR) is 66.6 cm³/mol. The largest absolute Gasteiger partial charge is 0.241 e. The molecule has 0 radical (unpaired) electrons. The van der Waals surface area contributed by atoms with Gasteiger partial charge in [0.05, 0.1) is 10.7 Å². The minimum atomic E-state index is 0.470. The number of hydrogen-bond donors (Lipinski definition) is 0. The second kappa shape index (κ2) is 4.33. The van der Waals surface area contributed by atoms with E-state index in [9.17, 15) is 0 Å². The van der Waals surface area contributed by atoms with Crippen molar-refractivity contribution in [2.45, 2.75) is 19.8 Å². The molecule has 1 nitrogen and oxygen atoms in total. The number of thiazole rings is 1. The van der Waals surface area contributed by atoms with Crippen LogP contribution in [-0.4, -0.2) is 4.98 Å². The summed E-state index contributed by atoms with van der Waals surface area (Å²) in [5.74, 6) is 0.470. The van der Waals surface area contributed by atoms with E-state index < -0.39 is 0 Å². The van der Waals surface area contributed by atoms with Gasteiger partial charge >= 0.3 is 0 Å². The molecule has 0 aliphatic heterocycles. The van der Waals surface area contributed by atoms with Crippen LogP contribution < -0.4 is 0 Å². The highest BCUT2D eigenvalue weighted by molar-refractivity contribution is 7.13. The van der Waals surface area contributed by atoms with Gasteiger partial charge in [-0.1, -0.05) is 43.6 Å². The van der Waals surface area contributed by atoms with E-state index in [2.05, 4.69) is 24.2 Å². The second-order valence-electron chi connectivity index (χ2n) is 3.71. The van der Waals surface area contributed by atoms with Gasteiger partial charge in [0, 0.05) is 10.9 Å². The van der Waals surface area contributed by atoms with Crippen molar-refractivity contribution in [3.63, 3.8) is 0 Å². The Hall–Kier alpha value is -0.860. The zero-order valence-corrected chi connectivity index (χ0v) is 10.3.